The second kappa shape index (κ2) is 58.9. The van der Waals surface area contributed by atoms with E-state index < -0.39 is 6.10 Å². The Bertz CT molecular complexity index is 1220. The van der Waals surface area contributed by atoms with E-state index in [9.17, 15) is 14.4 Å². The van der Waals surface area contributed by atoms with Gasteiger partial charge >= 0.3 is 17.9 Å². The van der Waals surface area contributed by atoms with Gasteiger partial charge in [0.2, 0.25) is 0 Å². The van der Waals surface area contributed by atoms with Crippen LogP contribution in [-0.4, -0.2) is 37.2 Å². The zero-order valence-electron chi connectivity index (χ0n) is 46.8. The van der Waals surface area contributed by atoms with Gasteiger partial charge in [-0.1, -0.05) is 249 Å². The van der Waals surface area contributed by atoms with Gasteiger partial charge < -0.3 is 14.2 Å². The minimum Gasteiger partial charge on any atom is -0.462 e. The molecule has 0 aliphatic rings. The molecule has 0 radical (unpaired) electrons. The highest BCUT2D eigenvalue weighted by atomic mass is 16.6. The molecule has 0 aromatic heterocycles. The highest BCUT2D eigenvalue weighted by molar-refractivity contribution is 5.71. The third-order valence-corrected chi connectivity index (χ3v) is 13.5. The first kappa shape index (κ1) is 67.4. The summed E-state index contributed by atoms with van der Waals surface area (Å²) in [6, 6.07) is 0. The van der Waals surface area contributed by atoms with Crippen LogP contribution >= 0.6 is 0 Å². The second-order valence-corrected chi connectivity index (χ2v) is 20.6. The Balaban J connectivity index is 4.35. The van der Waals surface area contributed by atoms with E-state index in [0.717, 1.165) is 89.9 Å². The van der Waals surface area contributed by atoms with Crippen LogP contribution in [0.15, 0.2) is 48.6 Å². The van der Waals surface area contributed by atoms with Crippen LogP contribution in [0.1, 0.15) is 323 Å². The molecule has 70 heavy (non-hydrogen) atoms. The summed E-state index contributed by atoms with van der Waals surface area (Å²) >= 11 is 0. The van der Waals surface area contributed by atoms with Crippen molar-refractivity contribution < 1.29 is 28.6 Å². The summed E-state index contributed by atoms with van der Waals surface area (Å²) in [5.41, 5.74) is 0. The number of rotatable bonds is 56. The average Bonchev–Trinajstić information content (AvgIpc) is 3.36. The third-order valence-electron chi connectivity index (χ3n) is 13.5. The predicted molar refractivity (Wildman–Crippen MR) is 302 cm³/mol. The zero-order valence-corrected chi connectivity index (χ0v) is 46.8. The number of hydrogen-bond donors (Lipinski definition) is 0. The summed E-state index contributed by atoms with van der Waals surface area (Å²) in [5.74, 6) is -0.889. The van der Waals surface area contributed by atoms with Crippen LogP contribution in [0, 0.1) is 0 Å². The fourth-order valence-electron chi connectivity index (χ4n) is 8.88. The highest BCUT2D eigenvalue weighted by Crippen LogP contribution is 2.16. The minimum atomic E-state index is -0.784. The lowest BCUT2D eigenvalue weighted by Crippen LogP contribution is -2.30. The molecule has 0 N–H and O–H groups in total. The number of esters is 3. The SMILES string of the molecule is CCCCCC/C=C\C/C=C\CCCCCCCC(=O)OC(COC(=O)CCCCCCC/C=C\CCCCCCCC)COC(=O)CCCCCCCCCCC/C=C\CCCCCCCCCC. The summed E-state index contributed by atoms with van der Waals surface area (Å²) in [6.07, 6.45) is 72.5. The Morgan fingerprint density at radius 2 is 0.514 bits per heavy atom. The van der Waals surface area contributed by atoms with Gasteiger partial charge in [0.15, 0.2) is 6.10 Å². The lowest BCUT2D eigenvalue weighted by Gasteiger charge is -2.18. The molecule has 0 amide bonds. The quantitative estimate of drug-likeness (QED) is 0.0261. The van der Waals surface area contributed by atoms with E-state index in [1.165, 1.54) is 193 Å². The van der Waals surface area contributed by atoms with Gasteiger partial charge in [-0.15, -0.1) is 0 Å². The van der Waals surface area contributed by atoms with E-state index in [2.05, 4.69) is 69.4 Å². The molecule has 1 atom stereocenters. The molecule has 0 saturated heterocycles. The fourth-order valence-corrected chi connectivity index (χ4v) is 8.88. The van der Waals surface area contributed by atoms with Crippen LogP contribution in [-0.2, 0) is 28.6 Å². The standard InChI is InChI=1S/C64H116O6/c1-4-7-10-13-16-19-22-25-28-30-31-32-33-34-37-39-42-45-48-51-54-57-63(66)69-60-61(59-68-62(65)56-53-50-47-44-41-38-35-27-24-21-18-15-12-9-6-3)70-64(67)58-55-52-49-46-43-40-36-29-26-23-20-17-14-11-8-5-2/h20,23,27,29-31,35-36,61H,4-19,21-22,24-26,28,32-34,37-60H2,1-3H3/b23-20-,31-30-,35-27-,36-29-. The first-order valence-electron chi connectivity index (χ1n) is 30.6. The van der Waals surface area contributed by atoms with Crippen molar-refractivity contribution in [3.63, 3.8) is 0 Å². The van der Waals surface area contributed by atoms with Gasteiger partial charge in [-0.2, -0.15) is 0 Å². The normalized spacial score (nSPS) is 12.3. The lowest BCUT2D eigenvalue weighted by molar-refractivity contribution is -0.167. The van der Waals surface area contributed by atoms with Crippen molar-refractivity contribution in [2.75, 3.05) is 13.2 Å². The number of unbranched alkanes of at least 4 members (excludes halogenated alkanes) is 37. The van der Waals surface area contributed by atoms with Crippen molar-refractivity contribution in [3.8, 4) is 0 Å². The van der Waals surface area contributed by atoms with Gasteiger partial charge in [0.1, 0.15) is 13.2 Å². The van der Waals surface area contributed by atoms with Gasteiger partial charge in [-0.05, 0) is 103 Å². The number of allylic oxidation sites excluding steroid dienone is 8. The Hall–Kier alpha value is -2.63. The molecule has 0 aliphatic heterocycles. The van der Waals surface area contributed by atoms with E-state index in [0.29, 0.717) is 19.3 Å². The molecule has 6 nitrogen and oxygen atoms in total. The number of carbonyl (C=O) groups excluding carboxylic acids is 3. The van der Waals surface area contributed by atoms with Gasteiger partial charge in [0.25, 0.3) is 0 Å². The Kier molecular flexibility index (Phi) is 56.7. The summed E-state index contributed by atoms with van der Waals surface area (Å²) in [7, 11) is 0. The molecule has 0 rings (SSSR count). The summed E-state index contributed by atoms with van der Waals surface area (Å²) < 4.78 is 16.9. The number of carbonyl (C=O) groups is 3. The van der Waals surface area contributed by atoms with E-state index in [1.54, 1.807) is 0 Å². The van der Waals surface area contributed by atoms with E-state index in [4.69, 9.17) is 14.2 Å². The van der Waals surface area contributed by atoms with Crippen molar-refractivity contribution in [2.24, 2.45) is 0 Å². The van der Waals surface area contributed by atoms with Crippen molar-refractivity contribution in [3.05, 3.63) is 48.6 Å². The second-order valence-electron chi connectivity index (χ2n) is 20.6. The van der Waals surface area contributed by atoms with Crippen molar-refractivity contribution in [2.45, 2.75) is 329 Å². The maximum atomic E-state index is 12.9. The third kappa shape index (κ3) is 56.3. The van der Waals surface area contributed by atoms with Crippen LogP contribution < -0.4 is 0 Å². The summed E-state index contributed by atoms with van der Waals surface area (Å²) in [6.45, 7) is 6.64. The molecule has 0 aromatic carbocycles. The summed E-state index contributed by atoms with van der Waals surface area (Å²) in [5, 5.41) is 0. The first-order valence-corrected chi connectivity index (χ1v) is 30.6. The molecule has 0 aliphatic carbocycles. The van der Waals surface area contributed by atoms with Crippen molar-refractivity contribution in [1.29, 1.82) is 0 Å². The maximum Gasteiger partial charge on any atom is 0.306 e. The molecule has 0 saturated carbocycles. The van der Waals surface area contributed by atoms with Gasteiger partial charge in [-0.3, -0.25) is 14.4 Å². The predicted octanol–water partition coefficient (Wildman–Crippen LogP) is 20.6. The van der Waals surface area contributed by atoms with Crippen LogP contribution in [0.5, 0.6) is 0 Å². The van der Waals surface area contributed by atoms with E-state index >= 15 is 0 Å². The largest absolute Gasteiger partial charge is 0.462 e. The highest BCUT2D eigenvalue weighted by Gasteiger charge is 2.19. The molecule has 0 heterocycles. The molecule has 0 fully saturated rings. The van der Waals surface area contributed by atoms with Crippen LogP contribution in [0.2, 0.25) is 0 Å². The van der Waals surface area contributed by atoms with Gasteiger partial charge in [0, 0.05) is 19.3 Å². The maximum absolute atomic E-state index is 12.9. The van der Waals surface area contributed by atoms with E-state index in [-0.39, 0.29) is 31.1 Å². The topological polar surface area (TPSA) is 78.9 Å². The molecule has 0 bridgehead atoms. The smallest absolute Gasteiger partial charge is 0.306 e. The van der Waals surface area contributed by atoms with Crippen molar-refractivity contribution >= 4 is 17.9 Å². The molecular formula is C64H116O6. The van der Waals surface area contributed by atoms with Crippen molar-refractivity contribution in [1.82, 2.24) is 0 Å². The zero-order chi connectivity index (χ0) is 50.7. The molecule has 1 unspecified atom stereocenters. The molecular weight excluding hydrogens is 865 g/mol. The monoisotopic (exact) mass is 981 g/mol. The van der Waals surface area contributed by atoms with Crippen LogP contribution in [0.4, 0.5) is 0 Å². The molecule has 0 aromatic rings. The van der Waals surface area contributed by atoms with Gasteiger partial charge in [0.05, 0.1) is 0 Å². The summed E-state index contributed by atoms with van der Waals surface area (Å²) in [4.78, 5) is 38.2. The van der Waals surface area contributed by atoms with Crippen LogP contribution in [0.3, 0.4) is 0 Å². The Labute approximate surface area is 435 Å². The fraction of sp³-hybridized carbons (Fsp3) is 0.828. The Morgan fingerprint density at radius 1 is 0.286 bits per heavy atom. The number of hydrogen-bond acceptors (Lipinski definition) is 6. The molecule has 408 valence electrons. The minimum absolute atomic E-state index is 0.0808. The van der Waals surface area contributed by atoms with Gasteiger partial charge in [-0.25, -0.2) is 0 Å². The van der Waals surface area contributed by atoms with Crippen LogP contribution in [0.25, 0.3) is 0 Å². The van der Waals surface area contributed by atoms with E-state index in [1.807, 2.05) is 0 Å². The molecule has 6 heteroatoms. The molecule has 0 spiro atoms. The lowest BCUT2D eigenvalue weighted by atomic mass is 10.1. The average molecular weight is 982 g/mol. The first-order chi connectivity index (χ1) is 34.5. The number of ether oxygens (including phenoxy) is 3. The Morgan fingerprint density at radius 3 is 0.814 bits per heavy atom.